The molecule has 0 radical (unpaired) electrons. The molecule has 2 aromatic rings. The van der Waals surface area contributed by atoms with Gasteiger partial charge in [0.25, 0.3) is 0 Å². The SMILES string of the molecule is CCNCc1ccc(Cl)cc1Oc1ccccc1OC. The summed E-state index contributed by atoms with van der Waals surface area (Å²) in [6.45, 7) is 3.70. The molecule has 2 aromatic carbocycles. The van der Waals surface area contributed by atoms with E-state index in [-0.39, 0.29) is 0 Å². The number of ether oxygens (including phenoxy) is 2. The van der Waals surface area contributed by atoms with Gasteiger partial charge in [-0.3, -0.25) is 0 Å². The molecular formula is C16H18ClNO2. The van der Waals surface area contributed by atoms with Crippen molar-refractivity contribution in [1.82, 2.24) is 5.32 Å². The van der Waals surface area contributed by atoms with Crippen LogP contribution in [0.3, 0.4) is 0 Å². The maximum Gasteiger partial charge on any atom is 0.169 e. The number of methoxy groups -OCH3 is 1. The van der Waals surface area contributed by atoms with Crippen LogP contribution >= 0.6 is 11.6 Å². The van der Waals surface area contributed by atoms with Crippen molar-refractivity contribution in [3.05, 3.63) is 53.1 Å². The molecule has 0 aromatic heterocycles. The summed E-state index contributed by atoms with van der Waals surface area (Å²) in [5.41, 5.74) is 1.06. The highest BCUT2D eigenvalue weighted by Crippen LogP contribution is 2.34. The molecule has 0 unspecified atom stereocenters. The molecule has 1 N–H and O–H groups in total. The molecule has 3 nitrogen and oxygen atoms in total. The van der Waals surface area contributed by atoms with Crippen LogP contribution in [-0.4, -0.2) is 13.7 Å². The largest absolute Gasteiger partial charge is 0.493 e. The van der Waals surface area contributed by atoms with Gasteiger partial charge in [-0.05, 0) is 30.8 Å². The predicted molar refractivity (Wildman–Crippen MR) is 81.9 cm³/mol. The molecule has 0 atom stereocenters. The monoisotopic (exact) mass is 291 g/mol. The molecule has 20 heavy (non-hydrogen) atoms. The fraction of sp³-hybridized carbons (Fsp3) is 0.250. The lowest BCUT2D eigenvalue weighted by Crippen LogP contribution is -2.12. The Morgan fingerprint density at radius 3 is 2.50 bits per heavy atom. The first-order valence-electron chi connectivity index (χ1n) is 6.54. The topological polar surface area (TPSA) is 30.5 Å². The van der Waals surface area contributed by atoms with E-state index in [4.69, 9.17) is 21.1 Å². The normalized spacial score (nSPS) is 10.3. The fourth-order valence-corrected chi connectivity index (χ4v) is 2.01. The van der Waals surface area contributed by atoms with E-state index < -0.39 is 0 Å². The van der Waals surface area contributed by atoms with Crippen LogP contribution in [0.25, 0.3) is 0 Å². The second kappa shape index (κ2) is 7.17. The molecular weight excluding hydrogens is 274 g/mol. The van der Waals surface area contributed by atoms with Gasteiger partial charge < -0.3 is 14.8 Å². The lowest BCUT2D eigenvalue weighted by atomic mass is 10.2. The van der Waals surface area contributed by atoms with Gasteiger partial charge in [-0.2, -0.15) is 0 Å². The van der Waals surface area contributed by atoms with Crippen LogP contribution in [0.15, 0.2) is 42.5 Å². The molecule has 0 saturated carbocycles. The summed E-state index contributed by atoms with van der Waals surface area (Å²) < 4.78 is 11.3. The van der Waals surface area contributed by atoms with E-state index in [9.17, 15) is 0 Å². The number of benzene rings is 2. The van der Waals surface area contributed by atoms with Crippen LogP contribution < -0.4 is 14.8 Å². The molecule has 0 amide bonds. The maximum atomic E-state index is 6.06. The Bertz CT molecular complexity index is 572. The van der Waals surface area contributed by atoms with Crippen LogP contribution in [0.4, 0.5) is 0 Å². The number of hydrogen-bond donors (Lipinski definition) is 1. The van der Waals surface area contributed by atoms with Crippen molar-refractivity contribution < 1.29 is 9.47 Å². The molecule has 0 spiro atoms. The second-order valence-corrected chi connectivity index (χ2v) is 4.72. The van der Waals surface area contributed by atoms with E-state index in [1.165, 1.54) is 0 Å². The minimum absolute atomic E-state index is 0.648. The van der Waals surface area contributed by atoms with Crippen LogP contribution in [-0.2, 0) is 6.54 Å². The van der Waals surface area contributed by atoms with Gasteiger partial charge in [-0.25, -0.2) is 0 Å². The first-order chi connectivity index (χ1) is 9.74. The average Bonchev–Trinajstić information content (AvgIpc) is 2.47. The highest BCUT2D eigenvalue weighted by molar-refractivity contribution is 6.30. The summed E-state index contributed by atoms with van der Waals surface area (Å²) in [4.78, 5) is 0. The van der Waals surface area contributed by atoms with Crippen molar-refractivity contribution in [3.63, 3.8) is 0 Å². The van der Waals surface area contributed by atoms with Gasteiger partial charge in [0.1, 0.15) is 5.75 Å². The summed E-state index contributed by atoms with van der Waals surface area (Å²) in [5.74, 6) is 2.11. The number of hydrogen-bond acceptors (Lipinski definition) is 3. The zero-order chi connectivity index (χ0) is 14.4. The van der Waals surface area contributed by atoms with Gasteiger partial charge in [0.2, 0.25) is 0 Å². The average molecular weight is 292 g/mol. The molecule has 106 valence electrons. The quantitative estimate of drug-likeness (QED) is 0.863. The summed E-state index contributed by atoms with van der Waals surface area (Å²) in [5, 5.41) is 3.93. The zero-order valence-corrected chi connectivity index (χ0v) is 12.4. The van der Waals surface area contributed by atoms with E-state index >= 15 is 0 Å². The Morgan fingerprint density at radius 2 is 1.80 bits per heavy atom. The van der Waals surface area contributed by atoms with Gasteiger partial charge in [0.05, 0.1) is 7.11 Å². The van der Waals surface area contributed by atoms with E-state index in [0.29, 0.717) is 16.5 Å². The number of para-hydroxylation sites is 2. The Labute approximate surface area is 124 Å². The van der Waals surface area contributed by atoms with E-state index in [2.05, 4.69) is 12.2 Å². The minimum atomic E-state index is 0.648. The lowest BCUT2D eigenvalue weighted by molar-refractivity contribution is 0.377. The smallest absolute Gasteiger partial charge is 0.169 e. The van der Waals surface area contributed by atoms with Crippen molar-refractivity contribution in [2.24, 2.45) is 0 Å². The lowest BCUT2D eigenvalue weighted by Gasteiger charge is -2.14. The molecule has 0 bridgehead atoms. The molecule has 0 saturated heterocycles. The van der Waals surface area contributed by atoms with E-state index in [1.54, 1.807) is 7.11 Å². The highest BCUT2D eigenvalue weighted by atomic mass is 35.5. The van der Waals surface area contributed by atoms with Crippen molar-refractivity contribution in [2.75, 3.05) is 13.7 Å². The van der Waals surface area contributed by atoms with Gasteiger partial charge in [-0.15, -0.1) is 0 Å². The third kappa shape index (κ3) is 3.65. The summed E-state index contributed by atoms with van der Waals surface area (Å²) in [6.07, 6.45) is 0. The first-order valence-corrected chi connectivity index (χ1v) is 6.92. The Hall–Kier alpha value is -1.71. The minimum Gasteiger partial charge on any atom is -0.493 e. The third-order valence-electron chi connectivity index (χ3n) is 2.88. The fourth-order valence-electron chi connectivity index (χ4n) is 1.85. The molecule has 0 aliphatic rings. The van der Waals surface area contributed by atoms with E-state index in [1.807, 2.05) is 42.5 Å². The summed E-state index contributed by atoms with van der Waals surface area (Å²) in [7, 11) is 1.62. The van der Waals surface area contributed by atoms with Crippen molar-refractivity contribution in [2.45, 2.75) is 13.5 Å². The predicted octanol–water partition coefficient (Wildman–Crippen LogP) is 4.25. The van der Waals surface area contributed by atoms with Crippen LogP contribution in [0.1, 0.15) is 12.5 Å². The first kappa shape index (κ1) is 14.7. The van der Waals surface area contributed by atoms with Crippen molar-refractivity contribution in [1.29, 1.82) is 0 Å². The molecule has 0 aliphatic carbocycles. The number of halogens is 1. The van der Waals surface area contributed by atoms with Crippen molar-refractivity contribution in [3.8, 4) is 17.2 Å². The molecule has 0 fully saturated rings. The second-order valence-electron chi connectivity index (χ2n) is 4.29. The standard InChI is InChI=1S/C16H18ClNO2/c1-3-18-11-12-8-9-13(17)10-16(12)20-15-7-5-4-6-14(15)19-2/h4-10,18H,3,11H2,1-2H3. The summed E-state index contributed by atoms with van der Waals surface area (Å²) in [6, 6.07) is 13.2. The van der Waals surface area contributed by atoms with Gasteiger partial charge >= 0.3 is 0 Å². The number of nitrogens with one attached hydrogen (secondary N) is 1. The Morgan fingerprint density at radius 1 is 1.05 bits per heavy atom. The Balaban J connectivity index is 2.29. The molecule has 0 heterocycles. The Kier molecular flexibility index (Phi) is 5.27. The van der Waals surface area contributed by atoms with Crippen LogP contribution in [0.5, 0.6) is 17.2 Å². The summed E-state index contributed by atoms with van der Waals surface area (Å²) >= 11 is 6.06. The maximum absolute atomic E-state index is 6.06. The molecule has 4 heteroatoms. The van der Waals surface area contributed by atoms with E-state index in [0.717, 1.165) is 24.4 Å². The van der Waals surface area contributed by atoms with Crippen molar-refractivity contribution >= 4 is 11.6 Å². The molecule has 0 aliphatic heterocycles. The number of rotatable bonds is 6. The zero-order valence-electron chi connectivity index (χ0n) is 11.7. The molecule has 2 rings (SSSR count). The highest BCUT2D eigenvalue weighted by Gasteiger charge is 2.09. The van der Waals surface area contributed by atoms with Gasteiger partial charge in [0, 0.05) is 17.1 Å². The van der Waals surface area contributed by atoms with Gasteiger partial charge in [-0.1, -0.05) is 36.7 Å². The van der Waals surface area contributed by atoms with Crippen LogP contribution in [0, 0.1) is 0 Å². The third-order valence-corrected chi connectivity index (χ3v) is 3.12. The van der Waals surface area contributed by atoms with Crippen LogP contribution in [0.2, 0.25) is 5.02 Å². The van der Waals surface area contributed by atoms with Gasteiger partial charge in [0.15, 0.2) is 11.5 Å².